The van der Waals surface area contributed by atoms with Gasteiger partial charge in [0.2, 0.25) is 11.7 Å². The van der Waals surface area contributed by atoms with Gasteiger partial charge in [-0.1, -0.05) is 0 Å². The summed E-state index contributed by atoms with van der Waals surface area (Å²) in [5.74, 6) is 1.38. The standard InChI is InChI=1S/C22H22N2O5S/c1-13(25)14-5-7-16(8-6-14)23-20(26)11-17-12-30-22(24-17)15-9-18(27-2)21(29-4)19(10-15)28-3/h5-10,12H,11H2,1-4H3,(H,23,26). The van der Waals surface area contributed by atoms with Crippen molar-refractivity contribution < 1.29 is 23.8 Å². The first-order chi connectivity index (χ1) is 14.4. The summed E-state index contributed by atoms with van der Waals surface area (Å²) in [5.41, 5.74) is 2.69. The zero-order chi connectivity index (χ0) is 21.7. The lowest BCUT2D eigenvalue weighted by Crippen LogP contribution is -2.14. The van der Waals surface area contributed by atoms with Crippen LogP contribution in [-0.2, 0) is 11.2 Å². The average Bonchev–Trinajstić information content (AvgIpc) is 3.21. The number of hydrogen-bond acceptors (Lipinski definition) is 7. The minimum atomic E-state index is -0.188. The highest BCUT2D eigenvalue weighted by atomic mass is 32.1. The summed E-state index contributed by atoms with van der Waals surface area (Å²) >= 11 is 1.43. The maximum absolute atomic E-state index is 12.4. The number of benzene rings is 2. The van der Waals surface area contributed by atoms with Crippen molar-refractivity contribution >= 4 is 28.7 Å². The quantitative estimate of drug-likeness (QED) is 0.543. The summed E-state index contributed by atoms with van der Waals surface area (Å²) in [6, 6.07) is 10.4. The molecule has 7 nitrogen and oxygen atoms in total. The van der Waals surface area contributed by atoms with Crippen LogP contribution < -0.4 is 19.5 Å². The van der Waals surface area contributed by atoms with E-state index in [1.165, 1.54) is 18.3 Å². The van der Waals surface area contributed by atoms with Gasteiger partial charge in [-0.25, -0.2) is 4.98 Å². The highest BCUT2D eigenvalue weighted by molar-refractivity contribution is 7.13. The van der Waals surface area contributed by atoms with Gasteiger partial charge in [0.15, 0.2) is 17.3 Å². The molecule has 1 N–H and O–H groups in total. The van der Waals surface area contributed by atoms with Gasteiger partial charge in [-0.15, -0.1) is 11.3 Å². The molecule has 0 atom stereocenters. The van der Waals surface area contributed by atoms with Crippen LogP contribution in [0.25, 0.3) is 10.6 Å². The fourth-order valence-corrected chi connectivity index (χ4v) is 3.69. The van der Waals surface area contributed by atoms with Crippen LogP contribution in [0.4, 0.5) is 5.69 Å². The molecule has 2 aromatic carbocycles. The van der Waals surface area contributed by atoms with Crippen LogP contribution in [0.5, 0.6) is 17.2 Å². The van der Waals surface area contributed by atoms with Gasteiger partial charge in [-0.2, -0.15) is 0 Å². The molecule has 0 aliphatic rings. The summed E-state index contributed by atoms with van der Waals surface area (Å²) in [7, 11) is 4.66. The minimum Gasteiger partial charge on any atom is -0.493 e. The molecular formula is C22H22N2O5S. The smallest absolute Gasteiger partial charge is 0.230 e. The number of carbonyl (C=O) groups excluding carboxylic acids is 2. The lowest BCUT2D eigenvalue weighted by Gasteiger charge is -2.13. The van der Waals surface area contributed by atoms with Crippen molar-refractivity contribution in [3.63, 3.8) is 0 Å². The SMILES string of the molecule is COc1cc(-c2nc(CC(=O)Nc3ccc(C(C)=O)cc3)cs2)cc(OC)c1OC. The molecule has 3 aromatic rings. The Morgan fingerprint density at radius 2 is 1.63 bits per heavy atom. The van der Waals surface area contributed by atoms with E-state index in [0.717, 1.165) is 10.6 Å². The summed E-state index contributed by atoms with van der Waals surface area (Å²) < 4.78 is 16.1. The molecule has 156 valence electrons. The predicted molar refractivity (Wildman–Crippen MR) is 116 cm³/mol. The van der Waals surface area contributed by atoms with Gasteiger partial charge in [-0.05, 0) is 43.3 Å². The minimum absolute atomic E-state index is 0.0188. The molecule has 0 unspecified atom stereocenters. The first-order valence-corrected chi connectivity index (χ1v) is 9.98. The highest BCUT2D eigenvalue weighted by Crippen LogP contribution is 2.41. The molecule has 1 heterocycles. The van der Waals surface area contributed by atoms with Gasteiger partial charge in [0.25, 0.3) is 0 Å². The Labute approximate surface area is 178 Å². The summed E-state index contributed by atoms with van der Waals surface area (Å²) in [6.45, 7) is 1.50. The van der Waals surface area contributed by atoms with Crippen LogP contribution in [0.2, 0.25) is 0 Å². The lowest BCUT2D eigenvalue weighted by molar-refractivity contribution is -0.115. The Kier molecular flexibility index (Phi) is 6.68. The van der Waals surface area contributed by atoms with Gasteiger partial charge in [-0.3, -0.25) is 9.59 Å². The molecule has 0 bridgehead atoms. The van der Waals surface area contributed by atoms with Gasteiger partial charge in [0.1, 0.15) is 5.01 Å². The van der Waals surface area contributed by atoms with Gasteiger partial charge in [0, 0.05) is 22.2 Å². The molecule has 8 heteroatoms. The number of nitrogens with zero attached hydrogens (tertiary/aromatic N) is 1. The van der Waals surface area contributed by atoms with Gasteiger partial charge in [0.05, 0.1) is 33.4 Å². The van der Waals surface area contributed by atoms with Crippen molar-refractivity contribution in [2.45, 2.75) is 13.3 Å². The summed E-state index contributed by atoms with van der Waals surface area (Å²) in [4.78, 5) is 28.3. The van der Waals surface area contributed by atoms with Crippen LogP contribution >= 0.6 is 11.3 Å². The number of nitrogens with one attached hydrogen (secondary N) is 1. The van der Waals surface area contributed by atoms with E-state index in [4.69, 9.17) is 14.2 Å². The number of hydrogen-bond donors (Lipinski definition) is 1. The molecule has 0 saturated carbocycles. The summed E-state index contributed by atoms with van der Waals surface area (Å²) in [5, 5.41) is 5.40. The molecule has 3 rings (SSSR count). The molecular weight excluding hydrogens is 404 g/mol. The number of carbonyl (C=O) groups is 2. The van der Waals surface area contributed by atoms with Gasteiger partial charge >= 0.3 is 0 Å². The number of aromatic nitrogens is 1. The second-order valence-corrected chi connectivity index (χ2v) is 7.27. The first kappa shape index (κ1) is 21.3. The largest absolute Gasteiger partial charge is 0.493 e. The maximum Gasteiger partial charge on any atom is 0.230 e. The van der Waals surface area contributed by atoms with E-state index in [9.17, 15) is 9.59 Å². The van der Waals surface area contributed by atoms with Crippen molar-refractivity contribution in [2.24, 2.45) is 0 Å². The Hall–Kier alpha value is -3.39. The normalized spacial score (nSPS) is 10.4. The molecule has 1 amide bonds. The number of ketones is 1. The van der Waals surface area contributed by atoms with E-state index in [1.807, 2.05) is 17.5 Å². The van der Waals surface area contributed by atoms with Gasteiger partial charge < -0.3 is 19.5 Å². The van der Waals surface area contributed by atoms with Crippen molar-refractivity contribution in [2.75, 3.05) is 26.6 Å². The predicted octanol–water partition coefficient (Wildman–Crippen LogP) is 4.22. The van der Waals surface area contributed by atoms with Crippen molar-refractivity contribution in [1.82, 2.24) is 4.98 Å². The van der Waals surface area contributed by atoms with Crippen LogP contribution in [0.15, 0.2) is 41.8 Å². The second kappa shape index (κ2) is 9.41. The van der Waals surface area contributed by atoms with E-state index in [2.05, 4.69) is 10.3 Å². The van der Waals surface area contributed by atoms with Crippen molar-refractivity contribution in [3.05, 3.63) is 53.0 Å². The summed E-state index contributed by atoms with van der Waals surface area (Å²) in [6.07, 6.45) is 0.134. The number of methoxy groups -OCH3 is 3. The fraction of sp³-hybridized carbons (Fsp3) is 0.227. The second-order valence-electron chi connectivity index (χ2n) is 6.42. The Morgan fingerprint density at radius 1 is 1.00 bits per heavy atom. The third-order valence-corrected chi connectivity index (χ3v) is 5.32. The van der Waals surface area contributed by atoms with E-state index in [0.29, 0.717) is 34.2 Å². The highest BCUT2D eigenvalue weighted by Gasteiger charge is 2.16. The molecule has 0 radical (unpaired) electrons. The first-order valence-electron chi connectivity index (χ1n) is 9.10. The molecule has 30 heavy (non-hydrogen) atoms. The number of amides is 1. The van der Waals surface area contributed by atoms with Crippen LogP contribution in [0.1, 0.15) is 23.0 Å². The Balaban J connectivity index is 1.73. The molecule has 1 aromatic heterocycles. The van der Waals surface area contributed by atoms with E-state index in [1.54, 1.807) is 45.6 Å². The molecule has 0 aliphatic carbocycles. The zero-order valence-corrected chi connectivity index (χ0v) is 18.0. The number of Topliss-reactive ketones (excluding diaryl/α,β-unsaturated/α-hetero) is 1. The number of rotatable bonds is 8. The Morgan fingerprint density at radius 3 is 2.17 bits per heavy atom. The van der Waals surface area contributed by atoms with E-state index >= 15 is 0 Å². The number of thiazole rings is 1. The van der Waals surface area contributed by atoms with Crippen LogP contribution in [0.3, 0.4) is 0 Å². The van der Waals surface area contributed by atoms with Crippen molar-refractivity contribution in [1.29, 1.82) is 0 Å². The number of anilines is 1. The van der Waals surface area contributed by atoms with Crippen LogP contribution in [-0.4, -0.2) is 38.0 Å². The average molecular weight is 426 g/mol. The Bertz CT molecular complexity index is 1030. The molecule has 0 aliphatic heterocycles. The molecule has 0 fully saturated rings. The number of ether oxygens (including phenoxy) is 3. The van der Waals surface area contributed by atoms with E-state index in [-0.39, 0.29) is 18.1 Å². The lowest BCUT2D eigenvalue weighted by atomic mass is 10.1. The fourth-order valence-electron chi connectivity index (χ4n) is 2.88. The maximum atomic E-state index is 12.4. The molecule has 0 spiro atoms. The molecule has 0 saturated heterocycles. The third kappa shape index (κ3) is 4.77. The zero-order valence-electron chi connectivity index (χ0n) is 17.1. The van der Waals surface area contributed by atoms with E-state index < -0.39 is 0 Å². The van der Waals surface area contributed by atoms with Crippen molar-refractivity contribution in [3.8, 4) is 27.8 Å². The third-order valence-electron chi connectivity index (χ3n) is 4.38. The monoisotopic (exact) mass is 426 g/mol. The van der Waals surface area contributed by atoms with Crippen LogP contribution in [0, 0.1) is 0 Å². The topological polar surface area (TPSA) is 86.8 Å².